The summed E-state index contributed by atoms with van der Waals surface area (Å²) in [7, 11) is 0. The van der Waals surface area contributed by atoms with Crippen LogP contribution in [0.25, 0.3) is 77.2 Å². The number of anilines is 3. The lowest BCUT2D eigenvalue weighted by Gasteiger charge is -2.43. The average molecular weight is 922 g/mol. The third kappa shape index (κ3) is 6.33. The molecular formula is C71H55N. The van der Waals surface area contributed by atoms with E-state index in [0.717, 1.165) is 24.2 Å². The van der Waals surface area contributed by atoms with E-state index in [1.165, 1.54) is 116 Å². The molecule has 0 radical (unpaired) electrons. The van der Waals surface area contributed by atoms with Crippen molar-refractivity contribution in [2.24, 2.45) is 0 Å². The quantitative estimate of drug-likeness (QED) is 0.161. The molecule has 0 saturated heterocycles. The van der Waals surface area contributed by atoms with Crippen LogP contribution in [0.2, 0.25) is 0 Å². The summed E-state index contributed by atoms with van der Waals surface area (Å²) >= 11 is 0. The van der Waals surface area contributed by atoms with E-state index in [4.69, 9.17) is 0 Å². The van der Waals surface area contributed by atoms with E-state index in [9.17, 15) is 0 Å². The van der Waals surface area contributed by atoms with Crippen LogP contribution >= 0.6 is 0 Å². The number of nitrogens with zero attached hydrogens (tertiary/aromatic N) is 1. The zero-order valence-corrected chi connectivity index (χ0v) is 41.4. The standard InChI is InChI=1S/C71H55N/c1-69(2)40-41-70(3,4)68-59(23-15-27-65(68)69)61-44-60-58-22-11-14-26-64(58)71(62-24-12-9-20-56(62)57-21-10-13-25-63(57)71)66(60)45-67(61)72(54-36-32-48(33-37-54)52-30-28-46-16-5-7-18-50(46)42-52)55-38-34-49(35-39-55)53-31-29-47-17-6-8-19-51(47)43-53/h5-39,42-45H,40-41H2,1-4H3. The number of hydrogen-bond acceptors (Lipinski definition) is 1. The van der Waals surface area contributed by atoms with Gasteiger partial charge >= 0.3 is 0 Å². The van der Waals surface area contributed by atoms with Crippen LogP contribution in [0.1, 0.15) is 73.9 Å². The molecule has 0 saturated carbocycles. The van der Waals surface area contributed by atoms with Crippen molar-refractivity contribution in [1.29, 1.82) is 0 Å². The molecule has 1 nitrogen and oxygen atoms in total. The Bertz CT molecular complexity index is 3810. The molecule has 1 spiro atoms. The Hall–Kier alpha value is -8.26. The predicted octanol–water partition coefficient (Wildman–Crippen LogP) is 19.2. The number of benzene rings is 11. The molecule has 3 aliphatic rings. The van der Waals surface area contributed by atoms with Gasteiger partial charge in [0.1, 0.15) is 0 Å². The van der Waals surface area contributed by atoms with Crippen LogP contribution in [0.3, 0.4) is 0 Å². The summed E-state index contributed by atoms with van der Waals surface area (Å²) in [5, 5.41) is 5.00. The van der Waals surface area contributed by atoms with Gasteiger partial charge in [-0.15, -0.1) is 0 Å². The van der Waals surface area contributed by atoms with Gasteiger partial charge in [0.05, 0.1) is 11.1 Å². The van der Waals surface area contributed by atoms with E-state index in [2.05, 4.69) is 269 Å². The summed E-state index contributed by atoms with van der Waals surface area (Å²) in [6.07, 6.45) is 2.28. The molecule has 0 aliphatic heterocycles. The lowest BCUT2D eigenvalue weighted by Crippen LogP contribution is -2.34. The molecular weight excluding hydrogens is 867 g/mol. The predicted molar refractivity (Wildman–Crippen MR) is 304 cm³/mol. The van der Waals surface area contributed by atoms with E-state index in [1.807, 2.05) is 0 Å². The second kappa shape index (κ2) is 15.9. The van der Waals surface area contributed by atoms with E-state index >= 15 is 0 Å². The highest BCUT2D eigenvalue weighted by atomic mass is 15.1. The van der Waals surface area contributed by atoms with Gasteiger partial charge < -0.3 is 4.90 Å². The first-order chi connectivity index (χ1) is 35.2. The van der Waals surface area contributed by atoms with Gasteiger partial charge in [-0.05, 0) is 177 Å². The normalized spacial score (nSPS) is 15.2. The van der Waals surface area contributed by atoms with Crippen molar-refractivity contribution in [3.63, 3.8) is 0 Å². The molecule has 0 amide bonds. The fourth-order valence-corrected chi connectivity index (χ4v) is 13.3. The molecule has 0 bridgehead atoms. The molecule has 1 heteroatoms. The van der Waals surface area contributed by atoms with Gasteiger partial charge in [-0.1, -0.05) is 216 Å². The van der Waals surface area contributed by atoms with Crippen LogP contribution in [0.5, 0.6) is 0 Å². The number of fused-ring (bicyclic) bond motifs is 13. The van der Waals surface area contributed by atoms with Crippen LogP contribution in [0, 0.1) is 0 Å². The van der Waals surface area contributed by atoms with Crippen molar-refractivity contribution < 1.29 is 0 Å². The second-order valence-electron chi connectivity index (χ2n) is 21.9. The van der Waals surface area contributed by atoms with Crippen LogP contribution in [0.15, 0.2) is 237 Å². The molecule has 344 valence electrons. The number of hydrogen-bond donors (Lipinski definition) is 0. The monoisotopic (exact) mass is 921 g/mol. The van der Waals surface area contributed by atoms with Gasteiger partial charge in [0.15, 0.2) is 0 Å². The first-order valence-corrected chi connectivity index (χ1v) is 25.8. The topological polar surface area (TPSA) is 3.24 Å². The van der Waals surface area contributed by atoms with Gasteiger partial charge in [0, 0.05) is 16.9 Å². The largest absolute Gasteiger partial charge is 0.310 e. The van der Waals surface area contributed by atoms with E-state index in [1.54, 1.807) is 0 Å². The van der Waals surface area contributed by atoms with Gasteiger partial charge in [0.2, 0.25) is 0 Å². The highest BCUT2D eigenvalue weighted by molar-refractivity contribution is 6.01. The summed E-state index contributed by atoms with van der Waals surface area (Å²) in [4.78, 5) is 2.56. The Kier molecular flexibility index (Phi) is 9.39. The Labute approximate surface area is 423 Å². The smallest absolute Gasteiger partial charge is 0.0726 e. The Balaban J connectivity index is 1.06. The molecule has 0 heterocycles. The van der Waals surface area contributed by atoms with Gasteiger partial charge in [-0.25, -0.2) is 0 Å². The molecule has 14 rings (SSSR count). The number of rotatable bonds is 6. The fraction of sp³-hybridized carbons (Fsp3) is 0.127. The summed E-state index contributed by atoms with van der Waals surface area (Å²) < 4.78 is 0. The van der Waals surface area contributed by atoms with Crippen molar-refractivity contribution in [3.8, 4) is 55.6 Å². The van der Waals surface area contributed by atoms with E-state index < -0.39 is 5.41 Å². The molecule has 11 aromatic rings. The van der Waals surface area contributed by atoms with Gasteiger partial charge in [-0.2, -0.15) is 0 Å². The summed E-state index contributed by atoms with van der Waals surface area (Å²) in [5.74, 6) is 0. The fourth-order valence-electron chi connectivity index (χ4n) is 13.3. The Morgan fingerprint density at radius 3 is 1.24 bits per heavy atom. The van der Waals surface area contributed by atoms with Crippen LogP contribution < -0.4 is 4.90 Å². The Morgan fingerprint density at radius 2 is 0.708 bits per heavy atom. The molecule has 0 unspecified atom stereocenters. The van der Waals surface area contributed by atoms with Crippen molar-refractivity contribution in [3.05, 3.63) is 270 Å². The minimum atomic E-state index is -0.505. The molecule has 0 N–H and O–H groups in total. The average Bonchev–Trinajstić information content (AvgIpc) is 3.89. The third-order valence-electron chi connectivity index (χ3n) is 16.9. The van der Waals surface area contributed by atoms with E-state index in [0.29, 0.717) is 0 Å². The molecule has 11 aromatic carbocycles. The first-order valence-electron chi connectivity index (χ1n) is 25.8. The van der Waals surface area contributed by atoms with Crippen molar-refractivity contribution >= 4 is 38.6 Å². The summed E-state index contributed by atoms with van der Waals surface area (Å²) in [6.45, 7) is 9.85. The first kappa shape index (κ1) is 42.6. The van der Waals surface area contributed by atoms with Crippen LogP contribution in [-0.2, 0) is 16.2 Å². The minimum absolute atomic E-state index is 0.0337. The van der Waals surface area contributed by atoms with Gasteiger partial charge in [0.25, 0.3) is 0 Å². The molecule has 0 atom stereocenters. The SMILES string of the molecule is CC1(C)CCC(C)(C)c2c(-c3cc4c(cc3N(c3ccc(-c5ccc6ccccc6c5)cc3)c3ccc(-c5ccc6ccccc6c5)cc3)C3(c5ccccc5-c5ccccc53)c3ccccc3-4)cccc21. The third-order valence-corrected chi connectivity index (χ3v) is 16.9. The molecule has 0 aromatic heterocycles. The summed E-state index contributed by atoms with van der Waals surface area (Å²) in [6, 6.07) is 89.6. The molecule has 3 aliphatic carbocycles. The van der Waals surface area contributed by atoms with Crippen molar-refractivity contribution in [1.82, 2.24) is 0 Å². The minimum Gasteiger partial charge on any atom is -0.310 e. The van der Waals surface area contributed by atoms with Crippen molar-refractivity contribution in [2.75, 3.05) is 4.90 Å². The van der Waals surface area contributed by atoms with Crippen molar-refractivity contribution in [2.45, 2.75) is 56.8 Å². The highest BCUT2D eigenvalue weighted by Gasteiger charge is 2.52. The zero-order chi connectivity index (χ0) is 48.3. The maximum atomic E-state index is 2.61. The van der Waals surface area contributed by atoms with Gasteiger partial charge in [-0.3, -0.25) is 0 Å². The second-order valence-corrected chi connectivity index (χ2v) is 21.9. The zero-order valence-electron chi connectivity index (χ0n) is 41.4. The van der Waals surface area contributed by atoms with Crippen LogP contribution in [0.4, 0.5) is 17.1 Å². The lowest BCUT2D eigenvalue weighted by molar-refractivity contribution is 0.333. The maximum Gasteiger partial charge on any atom is 0.0726 e. The summed E-state index contributed by atoms with van der Waals surface area (Å²) in [5.41, 5.74) is 23.8. The molecule has 0 fully saturated rings. The Morgan fingerprint density at radius 1 is 0.292 bits per heavy atom. The highest BCUT2D eigenvalue weighted by Crippen LogP contribution is 2.65. The maximum absolute atomic E-state index is 2.61. The van der Waals surface area contributed by atoms with E-state index in [-0.39, 0.29) is 10.8 Å². The lowest BCUT2D eigenvalue weighted by atomic mass is 9.61. The molecule has 72 heavy (non-hydrogen) atoms. The van der Waals surface area contributed by atoms with Crippen LogP contribution in [-0.4, -0.2) is 0 Å².